The lowest BCUT2D eigenvalue weighted by molar-refractivity contribution is -0.112. The number of carbonyl (C=O) groups excluding carboxylic acids is 1. The Hall–Kier alpha value is -4.11. The van der Waals surface area contributed by atoms with Crippen LogP contribution in [-0.2, 0) is 4.79 Å². The zero-order valence-electron chi connectivity index (χ0n) is 16.8. The molecular weight excluding hydrogens is 380 g/mol. The van der Waals surface area contributed by atoms with Crippen molar-refractivity contribution in [3.05, 3.63) is 82.1 Å². The Kier molecular flexibility index (Phi) is 5.84. The Morgan fingerprint density at radius 1 is 1.03 bits per heavy atom. The van der Waals surface area contributed by atoms with Crippen LogP contribution in [0.25, 0.3) is 17.4 Å². The number of amides is 1. The maximum atomic E-state index is 12.5. The van der Waals surface area contributed by atoms with E-state index in [0.717, 1.165) is 11.1 Å². The van der Waals surface area contributed by atoms with Crippen LogP contribution in [0.1, 0.15) is 32.8 Å². The van der Waals surface area contributed by atoms with Gasteiger partial charge < -0.3 is 14.8 Å². The summed E-state index contributed by atoms with van der Waals surface area (Å²) >= 11 is 0. The van der Waals surface area contributed by atoms with Crippen molar-refractivity contribution in [3.8, 4) is 17.4 Å². The minimum atomic E-state index is -1.02. The molecule has 1 heterocycles. The van der Waals surface area contributed by atoms with Gasteiger partial charge in [0.25, 0.3) is 5.91 Å². The largest absolute Gasteiger partial charge is 0.478 e. The van der Waals surface area contributed by atoms with Crippen molar-refractivity contribution in [3.63, 3.8) is 0 Å². The number of hydrogen-bond donors (Lipinski definition) is 2. The van der Waals surface area contributed by atoms with Gasteiger partial charge in [-0.3, -0.25) is 4.79 Å². The fourth-order valence-electron chi connectivity index (χ4n) is 3.03. The topological polar surface area (TPSA) is 103 Å². The van der Waals surface area contributed by atoms with Crippen LogP contribution in [0.2, 0.25) is 0 Å². The number of aromatic carboxylic acids is 1. The SMILES string of the molecule is Cc1ccc(NC(=O)/C(C#N)=C\c2ccc(-c3ccc(C)c(C(=O)O)c3)o2)c(C)c1. The van der Waals surface area contributed by atoms with Crippen LogP contribution in [0.3, 0.4) is 0 Å². The maximum absolute atomic E-state index is 12.5. The number of furan rings is 1. The Bertz CT molecular complexity index is 1210. The molecule has 0 aliphatic heterocycles. The molecule has 1 amide bonds. The van der Waals surface area contributed by atoms with E-state index in [1.807, 2.05) is 32.0 Å². The van der Waals surface area contributed by atoms with Crippen LogP contribution in [-0.4, -0.2) is 17.0 Å². The highest BCUT2D eigenvalue weighted by molar-refractivity contribution is 6.09. The first-order chi connectivity index (χ1) is 14.3. The molecule has 3 rings (SSSR count). The van der Waals surface area contributed by atoms with Gasteiger partial charge in [-0.2, -0.15) is 5.26 Å². The van der Waals surface area contributed by atoms with Gasteiger partial charge in [-0.05, 0) is 56.2 Å². The third-order valence-electron chi connectivity index (χ3n) is 4.66. The molecule has 0 spiro atoms. The predicted molar refractivity (Wildman–Crippen MR) is 114 cm³/mol. The van der Waals surface area contributed by atoms with Gasteiger partial charge in [0.2, 0.25) is 0 Å². The quantitative estimate of drug-likeness (QED) is 0.457. The predicted octanol–water partition coefficient (Wildman–Crippen LogP) is 5.12. The molecule has 6 nitrogen and oxygen atoms in total. The monoisotopic (exact) mass is 400 g/mol. The molecule has 0 aliphatic rings. The van der Waals surface area contributed by atoms with E-state index in [-0.39, 0.29) is 11.1 Å². The van der Waals surface area contributed by atoms with E-state index < -0.39 is 11.9 Å². The average Bonchev–Trinajstić information content (AvgIpc) is 3.17. The van der Waals surface area contributed by atoms with E-state index in [4.69, 9.17) is 4.42 Å². The van der Waals surface area contributed by atoms with Gasteiger partial charge in [0, 0.05) is 17.3 Å². The Labute approximate surface area is 174 Å². The van der Waals surface area contributed by atoms with E-state index in [2.05, 4.69) is 5.32 Å². The minimum Gasteiger partial charge on any atom is -0.478 e. The Morgan fingerprint density at radius 2 is 1.80 bits per heavy atom. The second-order valence-corrected chi connectivity index (χ2v) is 6.98. The van der Waals surface area contributed by atoms with Gasteiger partial charge in [-0.15, -0.1) is 0 Å². The average molecular weight is 400 g/mol. The lowest BCUT2D eigenvalue weighted by Crippen LogP contribution is -2.14. The van der Waals surface area contributed by atoms with Gasteiger partial charge in [-0.25, -0.2) is 4.79 Å². The highest BCUT2D eigenvalue weighted by Gasteiger charge is 2.14. The maximum Gasteiger partial charge on any atom is 0.335 e. The fourth-order valence-corrected chi connectivity index (χ4v) is 3.03. The van der Waals surface area contributed by atoms with Crippen molar-refractivity contribution < 1.29 is 19.1 Å². The van der Waals surface area contributed by atoms with E-state index in [1.165, 1.54) is 12.1 Å². The van der Waals surface area contributed by atoms with Gasteiger partial charge in [-0.1, -0.05) is 29.8 Å². The molecule has 150 valence electrons. The van der Waals surface area contributed by atoms with Crippen molar-refractivity contribution in [1.82, 2.24) is 0 Å². The smallest absolute Gasteiger partial charge is 0.335 e. The first kappa shape index (κ1) is 20.6. The van der Waals surface area contributed by atoms with Crippen molar-refractivity contribution in [1.29, 1.82) is 5.26 Å². The molecule has 3 aromatic rings. The van der Waals surface area contributed by atoms with E-state index >= 15 is 0 Å². The van der Waals surface area contributed by atoms with Crippen LogP contribution < -0.4 is 5.32 Å². The van der Waals surface area contributed by atoms with Crippen molar-refractivity contribution in [2.45, 2.75) is 20.8 Å². The molecule has 2 N–H and O–H groups in total. The molecule has 2 aromatic carbocycles. The number of aryl methyl sites for hydroxylation is 3. The zero-order valence-corrected chi connectivity index (χ0v) is 16.8. The lowest BCUT2D eigenvalue weighted by atomic mass is 10.0. The molecule has 0 unspecified atom stereocenters. The summed E-state index contributed by atoms with van der Waals surface area (Å²) in [6.45, 7) is 5.56. The first-order valence-electron chi connectivity index (χ1n) is 9.23. The number of nitriles is 1. The molecule has 0 saturated heterocycles. The molecule has 0 fully saturated rings. The van der Waals surface area contributed by atoms with E-state index in [1.54, 1.807) is 37.3 Å². The van der Waals surface area contributed by atoms with Crippen molar-refractivity contribution >= 4 is 23.6 Å². The summed E-state index contributed by atoms with van der Waals surface area (Å²) in [4.78, 5) is 23.9. The summed E-state index contributed by atoms with van der Waals surface area (Å²) in [5, 5.41) is 21.4. The zero-order chi connectivity index (χ0) is 21.8. The molecular formula is C24H20N2O4. The summed E-state index contributed by atoms with van der Waals surface area (Å²) in [5.41, 5.74) is 3.93. The van der Waals surface area contributed by atoms with Gasteiger partial charge >= 0.3 is 5.97 Å². The highest BCUT2D eigenvalue weighted by atomic mass is 16.4. The molecule has 30 heavy (non-hydrogen) atoms. The number of hydrogen-bond acceptors (Lipinski definition) is 4. The van der Waals surface area contributed by atoms with Crippen LogP contribution >= 0.6 is 0 Å². The number of nitrogens with one attached hydrogen (secondary N) is 1. The van der Waals surface area contributed by atoms with Gasteiger partial charge in [0.15, 0.2) is 0 Å². The van der Waals surface area contributed by atoms with Crippen LogP contribution in [0.5, 0.6) is 0 Å². The lowest BCUT2D eigenvalue weighted by Gasteiger charge is -2.08. The molecule has 1 aromatic heterocycles. The summed E-state index contributed by atoms with van der Waals surface area (Å²) in [5.74, 6) is -0.799. The summed E-state index contributed by atoms with van der Waals surface area (Å²) in [6, 6.07) is 15.8. The van der Waals surface area contributed by atoms with Crippen LogP contribution in [0.15, 0.2) is 58.5 Å². The summed E-state index contributed by atoms with van der Waals surface area (Å²) in [6.07, 6.45) is 1.36. The third kappa shape index (κ3) is 4.47. The molecule has 6 heteroatoms. The van der Waals surface area contributed by atoms with E-state index in [0.29, 0.717) is 28.3 Å². The number of rotatable bonds is 5. The number of carboxylic acid groups (broad SMARTS) is 1. The second-order valence-electron chi connectivity index (χ2n) is 6.98. The van der Waals surface area contributed by atoms with Crippen molar-refractivity contribution in [2.24, 2.45) is 0 Å². The number of nitrogens with zero attached hydrogens (tertiary/aromatic N) is 1. The van der Waals surface area contributed by atoms with Crippen LogP contribution in [0, 0.1) is 32.1 Å². The number of benzene rings is 2. The number of anilines is 1. The third-order valence-corrected chi connectivity index (χ3v) is 4.66. The molecule has 0 bridgehead atoms. The number of carbonyl (C=O) groups is 2. The molecule has 0 aliphatic carbocycles. The number of carboxylic acids is 1. The normalized spacial score (nSPS) is 11.1. The Morgan fingerprint density at radius 3 is 2.47 bits per heavy atom. The summed E-state index contributed by atoms with van der Waals surface area (Å²) < 4.78 is 5.72. The van der Waals surface area contributed by atoms with Crippen molar-refractivity contribution in [2.75, 3.05) is 5.32 Å². The first-order valence-corrected chi connectivity index (χ1v) is 9.23. The Balaban J connectivity index is 1.85. The second kappa shape index (κ2) is 8.50. The standard InChI is InChI=1S/C24H20N2O4/c1-14-4-8-21(16(3)10-14)26-23(27)18(13-25)11-19-7-9-22(30-19)17-6-5-15(2)20(12-17)24(28)29/h4-12H,1-3H3,(H,26,27)(H,28,29)/b18-11-. The van der Waals surface area contributed by atoms with E-state index in [9.17, 15) is 20.0 Å². The molecule has 0 radical (unpaired) electrons. The fraction of sp³-hybridized carbons (Fsp3) is 0.125. The van der Waals surface area contributed by atoms with Gasteiger partial charge in [0.1, 0.15) is 23.2 Å². The summed E-state index contributed by atoms with van der Waals surface area (Å²) in [7, 11) is 0. The highest BCUT2D eigenvalue weighted by Crippen LogP contribution is 2.26. The molecule has 0 atom stereocenters. The minimum absolute atomic E-state index is 0.106. The van der Waals surface area contributed by atoms with Crippen LogP contribution in [0.4, 0.5) is 5.69 Å². The van der Waals surface area contributed by atoms with Gasteiger partial charge in [0.05, 0.1) is 5.56 Å². The molecule has 0 saturated carbocycles.